The van der Waals surface area contributed by atoms with Crippen LogP contribution in [-0.2, 0) is 0 Å². The van der Waals surface area contributed by atoms with Gasteiger partial charge in [0.25, 0.3) is 11.6 Å². The van der Waals surface area contributed by atoms with Gasteiger partial charge in [0.2, 0.25) is 0 Å². The van der Waals surface area contributed by atoms with Gasteiger partial charge >= 0.3 is 0 Å². The quantitative estimate of drug-likeness (QED) is 0.677. The number of hydrogen-bond acceptors (Lipinski definition) is 4. The number of nitrogens with zero attached hydrogens (tertiary/aromatic N) is 2. The maximum atomic E-state index is 13.5. The molecular formula is C14H19ClFN3O3. The fraction of sp³-hybridized carbons (Fsp3) is 0.500. The summed E-state index contributed by atoms with van der Waals surface area (Å²) < 4.78 is 13.5. The number of benzene rings is 1. The summed E-state index contributed by atoms with van der Waals surface area (Å²) in [6, 6.07) is 2.03. The van der Waals surface area contributed by atoms with Crippen LogP contribution in [0.25, 0.3) is 0 Å². The Hall–Kier alpha value is -1.73. The highest BCUT2D eigenvalue weighted by Crippen LogP contribution is 2.28. The molecule has 6 nitrogen and oxygen atoms in total. The average molecular weight is 332 g/mol. The van der Waals surface area contributed by atoms with Crippen molar-refractivity contribution >= 4 is 24.0 Å². The van der Waals surface area contributed by atoms with Crippen LogP contribution in [0.15, 0.2) is 12.1 Å². The Kier molecular flexibility index (Phi) is 6.25. The second kappa shape index (κ2) is 7.51. The van der Waals surface area contributed by atoms with E-state index in [0.717, 1.165) is 25.1 Å². The number of rotatable bonds is 4. The second-order valence-electron chi connectivity index (χ2n) is 5.34. The zero-order valence-corrected chi connectivity index (χ0v) is 13.3. The Morgan fingerprint density at radius 2 is 2.23 bits per heavy atom. The summed E-state index contributed by atoms with van der Waals surface area (Å²) in [4.78, 5) is 24.5. The summed E-state index contributed by atoms with van der Waals surface area (Å²) in [7, 11) is 1.84. The molecule has 1 aromatic carbocycles. The highest BCUT2D eigenvalue weighted by Gasteiger charge is 2.31. The molecule has 0 aromatic heterocycles. The predicted molar refractivity (Wildman–Crippen MR) is 83.0 cm³/mol. The zero-order chi connectivity index (χ0) is 15.6. The molecule has 1 fully saturated rings. The third-order valence-electron chi connectivity index (χ3n) is 3.74. The molecule has 0 radical (unpaired) electrons. The molecule has 1 aromatic rings. The number of amides is 1. The summed E-state index contributed by atoms with van der Waals surface area (Å²) in [6.07, 6.45) is 0.842. The number of aryl methyl sites for hydroxylation is 1. The Morgan fingerprint density at radius 3 is 2.82 bits per heavy atom. The SMILES string of the molecule is CNCC1CCN(C(=O)c2cc(F)cc(C)c2[N+](=O)[O-])C1.Cl. The van der Waals surface area contributed by atoms with Crippen LogP contribution in [0.2, 0.25) is 0 Å². The fourth-order valence-electron chi connectivity index (χ4n) is 2.78. The summed E-state index contributed by atoms with van der Waals surface area (Å²) in [5, 5.41) is 14.2. The molecular weight excluding hydrogens is 313 g/mol. The van der Waals surface area contributed by atoms with E-state index in [1.54, 1.807) is 4.90 Å². The number of nitrogens with one attached hydrogen (secondary N) is 1. The van der Waals surface area contributed by atoms with E-state index >= 15 is 0 Å². The maximum absolute atomic E-state index is 13.5. The summed E-state index contributed by atoms with van der Waals surface area (Å²) >= 11 is 0. The third kappa shape index (κ3) is 3.72. The van der Waals surface area contributed by atoms with Crippen molar-refractivity contribution in [1.29, 1.82) is 0 Å². The number of halogens is 2. The Balaban J connectivity index is 0.00000242. The van der Waals surface area contributed by atoms with E-state index in [0.29, 0.717) is 19.0 Å². The van der Waals surface area contributed by atoms with Gasteiger partial charge in [-0.15, -0.1) is 12.4 Å². The lowest BCUT2D eigenvalue weighted by molar-refractivity contribution is -0.385. The molecule has 1 atom stereocenters. The maximum Gasteiger partial charge on any atom is 0.285 e. The Morgan fingerprint density at radius 1 is 1.55 bits per heavy atom. The fourth-order valence-corrected chi connectivity index (χ4v) is 2.78. The molecule has 122 valence electrons. The van der Waals surface area contributed by atoms with Crippen molar-refractivity contribution in [3.63, 3.8) is 0 Å². The first kappa shape index (κ1) is 18.3. The number of likely N-dealkylation sites (tertiary alicyclic amines) is 1. The minimum absolute atomic E-state index is 0. The summed E-state index contributed by atoms with van der Waals surface area (Å²) in [5.74, 6) is -0.775. The van der Waals surface area contributed by atoms with Crippen LogP contribution in [0, 0.1) is 28.8 Å². The smallest absolute Gasteiger partial charge is 0.285 e. The van der Waals surface area contributed by atoms with Gasteiger partial charge < -0.3 is 10.2 Å². The van der Waals surface area contributed by atoms with Crippen molar-refractivity contribution < 1.29 is 14.1 Å². The van der Waals surface area contributed by atoms with Gasteiger partial charge in [0.1, 0.15) is 11.4 Å². The standard InChI is InChI=1S/C14H18FN3O3.ClH/c1-9-5-11(15)6-12(13(9)18(20)21)14(19)17-4-3-10(8-17)7-16-2;/h5-6,10,16H,3-4,7-8H2,1-2H3;1H. The first-order valence-electron chi connectivity index (χ1n) is 6.82. The average Bonchev–Trinajstić information content (AvgIpc) is 2.85. The van der Waals surface area contributed by atoms with Crippen molar-refractivity contribution in [3.8, 4) is 0 Å². The molecule has 0 bridgehead atoms. The van der Waals surface area contributed by atoms with Crippen LogP contribution in [0.3, 0.4) is 0 Å². The Labute approximate surface area is 134 Å². The van der Waals surface area contributed by atoms with Gasteiger partial charge in [0, 0.05) is 18.7 Å². The van der Waals surface area contributed by atoms with E-state index in [2.05, 4.69) is 5.32 Å². The molecule has 0 spiro atoms. The number of nitro groups is 1. The minimum atomic E-state index is -0.632. The number of nitro benzene ring substituents is 1. The lowest BCUT2D eigenvalue weighted by Gasteiger charge is -2.17. The largest absolute Gasteiger partial charge is 0.338 e. The zero-order valence-electron chi connectivity index (χ0n) is 12.5. The first-order valence-corrected chi connectivity index (χ1v) is 6.82. The molecule has 1 N–H and O–H groups in total. The number of carbonyl (C=O) groups excluding carboxylic acids is 1. The second-order valence-corrected chi connectivity index (χ2v) is 5.34. The number of carbonyl (C=O) groups is 1. The van der Waals surface area contributed by atoms with Crippen molar-refractivity contribution in [2.75, 3.05) is 26.7 Å². The highest BCUT2D eigenvalue weighted by atomic mass is 35.5. The van der Waals surface area contributed by atoms with Crippen molar-refractivity contribution in [3.05, 3.63) is 39.2 Å². The van der Waals surface area contributed by atoms with Crippen LogP contribution in [0.5, 0.6) is 0 Å². The van der Waals surface area contributed by atoms with Gasteiger partial charge in [-0.1, -0.05) is 0 Å². The molecule has 1 aliphatic rings. The molecule has 2 rings (SSSR count). The van der Waals surface area contributed by atoms with E-state index < -0.39 is 16.6 Å². The van der Waals surface area contributed by atoms with Crippen LogP contribution in [0.4, 0.5) is 10.1 Å². The van der Waals surface area contributed by atoms with Gasteiger partial charge in [0.15, 0.2) is 0 Å². The predicted octanol–water partition coefficient (Wildman–Crippen LogP) is 2.15. The van der Waals surface area contributed by atoms with Crippen LogP contribution < -0.4 is 5.32 Å². The monoisotopic (exact) mass is 331 g/mol. The Bertz CT molecular complexity index is 583. The van der Waals surface area contributed by atoms with Gasteiger partial charge in [-0.2, -0.15) is 0 Å². The molecule has 22 heavy (non-hydrogen) atoms. The highest BCUT2D eigenvalue weighted by molar-refractivity contribution is 5.98. The minimum Gasteiger partial charge on any atom is -0.338 e. The van der Waals surface area contributed by atoms with E-state index in [1.807, 2.05) is 7.05 Å². The summed E-state index contributed by atoms with van der Waals surface area (Å²) in [6.45, 7) is 3.30. The first-order chi connectivity index (χ1) is 9.93. The van der Waals surface area contributed by atoms with Crippen LogP contribution >= 0.6 is 12.4 Å². The molecule has 1 amide bonds. The van der Waals surface area contributed by atoms with E-state index in [1.165, 1.54) is 6.92 Å². The summed E-state index contributed by atoms with van der Waals surface area (Å²) in [5.41, 5.74) is -0.310. The molecule has 1 aliphatic heterocycles. The van der Waals surface area contributed by atoms with Gasteiger partial charge in [0.05, 0.1) is 4.92 Å². The van der Waals surface area contributed by atoms with E-state index in [9.17, 15) is 19.3 Å². The molecule has 1 heterocycles. The topological polar surface area (TPSA) is 75.5 Å². The molecule has 1 saturated heterocycles. The lowest BCUT2D eigenvalue weighted by Crippen LogP contribution is -2.31. The third-order valence-corrected chi connectivity index (χ3v) is 3.74. The number of hydrogen-bond donors (Lipinski definition) is 1. The van der Waals surface area contributed by atoms with Gasteiger partial charge in [-0.25, -0.2) is 4.39 Å². The van der Waals surface area contributed by atoms with Gasteiger partial charge in [-0.05, 0) is 45.0 Å². The van der Waals surface area contributed by atoms with E-state index in [-0.39, 0.29) is 29.2 Å². The van der Waals surface area contributed by atoms with Crippen molar-refractivity contribution in [2.24, 2.45) is 5.92 Å². The van der Waals surface area contributed by atoms with Crippen molar-refractivity contribution in [1.82, 2.24) is 10.2 Å². The van der Waals surface area contributed by atoms with Crippen LogP contribution in [0.1, 0.15) is 22.3 Å². The molecule has 0 saturated carbocycles. The molecule has 0 aliphatic carbocycles. The van der Waals surface area contributed by atoms with Crippen LogP contribution in [-0.4, -0.2) is 42.4 Å². The van der Waals surface area contributed by atoms with E-state index in [4.69, 9.17) is 0 Å². The molecule has 8 heteroatoms. The van der Waals surface area contributed by atoms with Crippen molar-refractivity contribution in [2.45, 2.75) is 13.3 Å². The normalized spacial score (nSPS) is 17.2. The molecule has 1 unspecified atom stereocenters. The van der Waals surface area contributed by atoms with Gasteiger partial charge in [-0.3, -0.25) is 14.9 Å². The lowest BCUT2D eigenvalue weighted by atomic mass is 10.1.